The summed E-state index contributed by atoms with van der Waals surface area (Å²) in [6.45, 7) is 5.67. The van der Waals surface area contributed by atoms with Crippen molar-refractivity contribution in [2.75, 3.05) is 44.2 Å². The molecule has 1 aliphatic heterocycles. The third-order valence-electron chi connectivity index (χ3n) is 3.95. The zero-order chi connectivity index (χ0) is 14.2. The number of halogens is 1. The average molecular weight is 280 g/mol. The number of aliphatic hydroxyl groups is 1. The van der Waals surface area contributed by atoms with E-state index < -0.39 is 0 Å². The molecule has 0 aliphatic carbocycles. The standard InChI is InChI=1S/C16H25FN2O/c17-15-5-7-16(8-6-15)19-12-10-18(11-13-19)9-3-1-2-4-14-20/h5-8,20H,1-4,9-14H2. The van der Waals surface area contributed by atoms with Gasteiger partial charge < -0.3 is 10.0 Å². The zero-order valence-corrected chi connectivity index (χ0v) is 12.1. The predicted octanol–water partition coefficient (Wildman–Crippen LogP) is 2.50. The van der Waals surface area contributed by atoms with Crippen molar-refractivity contribution in [2.45, 2.75) is 25.7 Å². The van der Waals surface area contributed by atoms with Crippen LogP contribution >= 0.6 is 0 Å². The van der Waals surface area contributed by atoms with Crippen LogP contribution in [0.2, 0.25) is 0 Å². The zero-order valence-electron chi connectivity index (χ0n) is 12.1. The number of piperazine rings is 1. The number of unbranched alkanes of at least 4 members (excludes halogenated alkanes) is 3. The van der Waals surface area contributed by atoms with Gasteiger partial charge in [-0.2, -0.15) is 0 Å². The van der Waals surface area contributed by atoms with Gasteiger partial charge in [-0.1, -0.05) is 12.8 Å². The van der Waals surface area contributed by atoms with Crippen LogP contribution < -0.4 is 4.90 Å². The fourth-order valence-corrected chi connectivity index (χ4v) is 2.68. The summed E-state index contributed by atoms with van der Waals surface area (Å²) < 4.78 is 12.9. The highest BCUT2D eigenvalue weighted by Gasteiger charge is 2.16. The summed E-state index contributed by atoms with van der Waals surface area (Å²) >= 11 is 0. The summed E-state index contributed by atoms with van der Waals surface area (Å²) in [4.78, 5) is 4.82. The monoisotopic (exact) mass is 280 g/mol. The van der Waals surface area contributed by atoms with Crippen LogP contribution in [0, 0.1) is 5.82 Å². The molecule has 1 saturated heterocycles. The largest absolute Gasteiger partial charge is 0.396 e. The Morgan fingerprint density at radius 3 is 2.20 bits per heavy atom. The summed E-state index contributed by atoms with van der Waals surface area (Å²) in [6.07, 6.45) is 4.49. The molecule has 1 heterocycles. The smallest absolute Gasteiger partial charge is 0.123 e. The Morgan fingerprint density at radius 2 is 1.55 bits per heavy atom. The fraction of sp³-hybridized carbons (Fsp3) is 0.625. The number of anilines is 1. The van der Waals surface area contributed by atoms with E-state index in [-0.39, 0.29) is 5.82 Å². The van der Waals surface area contributed by atoms with Crippen molar-refractivity contribution in [2.24, 2.45) is 0 Å². The fourth-order valence-electron chi connectivity index (χ4n) is 2.68. The minimum atomic E-state index is -0.171. The summed E-state index contributed by atoms with van der Waals surface area (Å²) in [5, 5.41) is 8.73. The normalized spacial score (nSPS) is 16.6. The van der Waals surface area contributed by atoms with E-state index in [1.807, 2.05) is 12.1 Å². The van der Waals surface area contributed by atoms with E-state index in [4.69, 9.17) is 5.11 Å². The Labute approximate surface area is 121 Å². The minimum Gasteiger partial charge on any atom is -0.396 e. The maximum atomic E-state index is 12.9. The third kappa shape index (κ3) is 4.76. The first-order valence-electron chi connectivity index (χ1n) is 7.63. The molecule has 0 amide bonds. The Kier molecular flexibility index (Phi) is 6.27. The molecule has 1 aromatic carbocycles. The van der Waals surface area contributed by atoms with Crippen molar-refractivity contribution in [3.05, 3.63) is 30.1 Å². The minimum absolute atomic E-state index is 0.171. The lowest BCUT2D eigenvalue weighted by Gasteiger charge is -2.36. The Morgan fingerprint density at radius 1 is 0.900 bits per heavy atom. The first kappa shape index (κ1) is 15.3. The quantitative estimate of drug-likeness (QED) is 0.777. The summed E-state index contributed by atoms with van der Waals surface area (Å²) in [6, 6.07) is 6.78. The van der Waals surface area contributed by atoms with Crippen LogP contribution in [0.1, 0.15) is 25.7 Å². The Bertz CT molecular complexity index is 375. The molecule has 1 aromatic rings. The molecule has 112 valence electrons. The van der Waals surface area contributed by atoms with Crippen LogP contribution in [0.25, 0.3) is 0 Å². The molecule has 4 heteroatoms. The first-order chi connectivity index (χ1) is 9.79. The van der Waals surface area contributed by atoms with Crippen molar-refractivity contribution >= 4 is 5.69 Å². The molecule has 0 spiro atoms. The van der Waals surface area contributed by atoms with Gasteiger partial charge in [-0.3, -0.25) is 4.90 Å². The molecule has 1 N–H and O–H groups in total. The Balaban J connectivity index is 1.66. The second-order valence-corrected chi connectivity index (χ2v) is 5.44. The highest BCUT2D eigenvalue weighted by atomic mass is 19.1. The van der Waals surface area contributed by atoms with E-state index in [9.17, 15) is 4.39 Å². The van der Waals surface area contributed by atoms with E-state index in [1.54, 1.807) is 0 Å². The van der Waals surface area contributed by atoms with Crippen molar-refractivity contribution in [3.8, 4) is 0 Å². The van der Waals surface area contributed by atoms with Crippen LogP contribution in [0.5, 0.6) is 0 Å². The molecular weight excluding hydrogens is 255 g/mol. The molecule has 20 heavy (non-hydrogen) atoms. The predicted molar refractivity (Wildman–Crippen MR) is 80.6 cm³/mol. The highest BCUT2D eigenvalue weighted by Crippen LogP contribution is 2.17. The Hall–Kier alpha value is -1.13. The molecule has 1 fully saturated rings. The van der Waals surface area contributed by atoms with Crippen molar-refractivity contribution in [1.82, 2.24) is 4.90 Å². The molecule has 0 saturated carbocycles. The number of nitrogens with zero attached hydrogens (tertiary/aromatic N) is 2. The molecule has 0 aromatic heterocycles. The molecule has 0 atom stereocenters. The van der Waals surface area contributed by atoms with Gasteiger partial charge in [-0.05, 0) is 43.7 Å². The van der Waals surface area contributed by atoms with Gasteiger partial charge in [0.15, 0.2) is 0 Å². The van der Waals surface area contributed by atoms with Gasteiger partial charge in [0.25, 0.3) is 0 Å². The average Bonchev–Trinajstić information content (AvgIpc) is 2.49. The molecule has 1 aliphatic rings. The molecule has 0 unspecified atom stereocenters. The summed E-state index contributed by atoms with van der Waals surface area (Å²) in [5.41, 5.74) is 1.12. The van der Waals surface area contributed by atoms with Gasteiger partial charge in [0, 0.05) is 38.5 Å². The molecular formula is C16H25FN2O. The maximum Gasteiger partial charge on any atom is 0.123 e. The lowest BCUT2D eigenvalue weighted by molar-refractivity contribution is 0.247. The van der Waals surface area contributed by atoms with Crippen LogP contribution in [0.3, 0.4) is 0 Å². The number of aliphatic hydroxyl groups excluding tert-OH is 1. The van der Waals surface area contributed by atoms with Crippen molar-refractivity contribution in [1.29, 1.82) is 0 Å². The van der Waals surface area contributed by atoms with Crippen LogP contribution in [-0.2, 0) is 0 Å². The van der Waals surface area contributed by atoms with E-state index in [2.05, 4.69) is 9.80 Å². The van der Waals surface area contributed by atoms with Gasteiger partial charge >= 0.3 is 0 Å². The topological polar surface area (TPSA) is 26.7 Å². The number of hydrogen-bond donors (Lipinski definition) is 1. The first-order valence-corrected chi connectivity index (χ1v) is 7.63. The molecule has 0 bridgehead atoms. The van der Waals surface area contributed by atoms with Crippen LogP contribution in [-0.4, -0.2) is 49.3 Å². The van der Waals surface area contributed by atoms with Crippen LogP contribution in [0.15, 0.2) is 24.3 Å². The van der Waals surface area contributed by atoms with Crippen molar-refractivity contribution in [3.63, 3.8) is 0 Å². The highest BCUT2D eigenvalue weighted by molar-refractivity contribution is 5.46. The number of hydrogen-bond acceptors (Lipinski definition) is 3. The van der Waals surface area contributed by atoms with Crippen LogP contribution in [0.4, 0.5) is 10.1 Å². The molecule has 0 radical (unpaired) electrons. The lowest BCUT2D eigenvalue weighted by Crippen LogP contribution is -2.46. The maximum absolute atomic E-state index is 12.9. The van der Waals surface area contributed by atoms with E-state index >= 15 is 0 Å². The van der Waals surface area contributed by atoms with E-state index in [0.29, 0.717) is 6.61 Å². The molecule has 2 rings (SSSR count). The van der Waals surface area contributed by atoms with Gasteiger partial charge in [-0.15, -0.1) is 0 Å². The van der Waals surface area contributed by atoms with Gasteiger partial charge in [0.1, 0.15) is 5.82 Å². The lowest BCUT2D eigenvalue weighted by atomic mass is 10.2. The van der Waals surface area contributed by atoms with Gasteiger partial charge in [0.05, 0.1) is 0 Å². The number of benzene rings is 1. The third-order valence-corrected chi connectivity index (χ3v) is 3.95. The van der Waals surface area contributed by atoms with Gasteiger partial charge in [0.2, 0.25) is 0 Å². The van der Waals surface area contributed by atoms with E-state index in [0.717, 1.165) is 51.3 Å². The summed E-state index contributed by atoms with van der Waals surface area (Å²) in [5.74, 6) is -0.171. The second-order valence-electron chi connectivity index (χ2n) is 5.44. The van der Waals surface area contributed by atoms with E-state index in [1.165, 1.54) is 25.0 Å². The number of rotatable bonds is 7. The molecule has 3 nitrogen and oxygen atoms in total. The van der Waals surface area contributed by atoms with Crippen molar-refractivity contribution < 1.29 is 9.50 Å². The second kappa shape index (κ2) is 8.22. The van der Waals surface area contributed by atoms with Gasteiger partial charge in [-0.25, -0.2) is 4.39 Å². The summed E-state index contributed by atoms with van der Waals surface area (Å²) in [7, 11) is 0. The SMILES string of the molecule is OCCCCCCN1CCN(c2ccc(F)cc2)CC1.